The summed E-state index contributed by atoms with van der Waals surface area (Å²) in [4.78, 5) is 39.2. The summed E-state index contributed by atoms with van der Waals surface area (Å²) in [5.41, 5.74) is 0. The van der Waals surface area contributed by atoms with Gasteiger partial charge in [-0.25, -0.2) is 0 Å². The minimum Gasteiger partial charge on any atom is -0.481 e. The molecular formula is C14H26O7. The van der Waals surface area contributed by atoms with E-state index in [1.54, 1.807) is 0 Å². The number of hydrogen-bond donors (Lipinski definition) is 2. The Labute approximate surface area is 125 Å². The number of rotatable bonds is 6. The Hall–Kier alpha value is -1.92. The molecule has 21 heavy (non-hydrogen) atoms. The molecule has 0 aromatic heterocycles. The minimum absolute atomic E-state index is 0.364. The minimum atomic E-state index is -0.833. The summed E-state index contributed by atoms with van der Waals surface area (Å²) in [5.74, 6) is -2.58. The van der Waals surface area contributed by atoms with E-state index >= 15 is 0 Å². The Morgan fingerprint density at radius 2 is 1.19 bits per heavy atom. The summed E-state index contributed by atoms with van der Waals surface area (Å²) in [7, 11) is 0. The number of aliphatic carboxylic acids is 2. The molecule has 7 nitrogen and oxygen atoms in total. The lowest BCUT2D eigenvalue weighted by molar-refractivity contribution is -0.158. The monoisotopic (exact) mass is 306 g/mol. The molecule has 0 bridgehead atoms. The number of carbonyl (C=O) groups excluding carboxylic acids is 2. The molecule has 0 radical (unpaired) electrons. The van der Waals surface area contributed by atoms with Crippen LogP contribution in [0.5, 0.6) is 0 Å². The van der Waals surface area contributed by atoms with Crippen LogP contribution in [0.2, 0.25) is 0 Å². The number of unbranched alkanes of at least 4 members (excludes halogenated alkanes) is 4. The van der Waals surface area contributed by atoms with Crippen molar-refractivity contribution in [2.75, 3.05) is 0 Å². The fourth-order valence-electron chi connectivity index (χ4n) is 1.08. The highest BCUT2D eigenvalue weighted by molar-refractivity contribution is 5.83. The third kappa shape index (κ3) is 56.7. The molecule has 0 unspecified atom stereocenters. The zero-order valence-electron chi connectivity index (χ0n) is 13.2. The smallest absolute Gasteiger partial charge is 0.313 e. The topological polar surface area (TPSA) is 118 Å². The van der Waals surface area contributed by atoms with Crippen molar-refractivity contribution in [2.45, 2.75) is 66.2 Å². The first-order valence-corrected chi connectivity index (χ1v) is 6.73. The standard InChI is InChI=1S/C10H18O3.2C2H4O2/c1-3-4-5-6-7-8-10(12)13-9(2)11;2*1-2(3)4/h3-8H2,1-2H3;2*1H3,(H,3,4). The number of hydrogen-bond acceptors (Lipinski definition) is 5. The van der Waals surface area contributed by atoms with E-state index in [2.05, 4.69) is 11.7 Å². The summed E-state index contributed by atoms with van der Waals surface area (Å²) in [6.45, 7) is 5.55. The molecule has 0 amide bonds. The highest BCUT2D eigenvalue weighted by atomic mass is 16.6. The van der Waals surface area contributed by atoms with E-state index in [1.807, 2.05) is 0 Å². The van der Waals surface area contributed by atoms with Crippen LogP contribution in [0.4, 0.5) is 0 Å². The third-order valence-corrected chi connectivity index (χ3v) is 1.74. The number of carboxylic acid groups (broad SMARTS) is 2. The van der Waals surface area contributed by atoms with Gasteiger partial charge in [0.05, 0.1) is 0 Å². The quantitative estimate of drug-likeness (QED) is 0.440. The molecule has 0 saturated heterocycles. The molecule has 0 aliphatic carbocycles. The predicted molar refractivity (Wildman–Crippen MR) is 76.8 cm³/mol. The molecule has 7 heteroatoms. The molecule has 0 fully saturated rings. The Kier molecular flexibility index (Phi) is 20.8. The van der Waals surface area contributed by atoms with Gasteiger partial charge in [-0.05, 0) is 6.42 Å². The average molecular weight is 306 g/mol. The maximum atomic E-state index is 10.8. The first-order valence-electron chi connectivity index (χ1n) is 6.73. The summed E-state index contributed by atoms with van der Waals surface area (Å²) < 4.78 is 4.38. The number of ether oxygens (including phenoxy) is 1. The van der Waals surface area contributed by atoms with E-state index in [1.165, 1.54) is 19.8 Å². The lowest BCUT2D eigenvalue weighted by Gasteiger charge is -1.99. The second kappa shape index (κ2) is 18.1. The predicted octanol–water partition coefficient (Wildman–Crippen LogP) is 2.62. The molecule has 0 aliphatic heterocycles. The second-order valence-electron chi connectivity index (χ2n) is 4.17. The van der Waals surface area contributed by atoms with Gasteiger partial charge < -0.3 is 14.9 Å². The Morgan fingerprint density at radius 3 is 1.52 bits per heavy atom. The molecule has 0 spiro atoms. The van der Waals surface area contributed by atoms with Crippen molar-refractivity contribution >= 4 is 23.9 Å². The van der Waals surface area contributed by atoms with Crippen molar-refractivity contribution < 1.29 is 34.1 Å². The number of carbonyl (C=O) groups is 4. The van der Waals surface area contributed by atoms with Crippen molar-refractivity contribution in [3.8, 4) is 0 Å². The van der Waals surface area contributed by atoms with E-state index in [-0.39, 0.29) is 0 Å². The van der Waals surface area contributed by atoms with Crippen molar-refractivity contribution in [3.05, 3.63) is 0 Å². The van der Waals surface area contributed by atoms with Crippen LogP contribution < -0.4 is 0 Å². The molecule has 2 N–H and O–H groups in total. The number of esters is 2. The normalized spacial score (nSPS) is 8.38. The average Bonchev–Trinajstić information content (AvgIpc) is 2.26. The second-order valence-corrected chi connectivity index (χ2v) is 4.17. The lowest BCUT2D eigenvalue weighted by atomic mass is 10.1. The maximum Gasteiger partial charge on any atom is 0.313 e. The molecule has 124 valence electrons. The molecule has 0 aromatic rings. The van der Waals surface area contributed by atoms with Crippen molar-refractivity contribution in [1.82, 2.24) is 0 Å². The van der Waals surface area contributed by atoms with E-state index in [9.17, 15) is 9.59 Å². The molecule has 0 aliphatic rings. The summed E-state index contributed by atoms with van der Waals surface area (Å²) >= 11 is 0. The van der Waals surface area contributed by atoms with Crippen LogP contribution in [0, 0.1) is 0 Å². The summed E-state index contributed by atoms with van der Waals surface area (Å²) in [5, 5.41) is 14.8. The number of carboxylic acids is 2. The molecular weight excluding hydrogens is 280 g/mol. The highest BCUT2D eigenvalue weighted by Gasteiger charge is 2.04. The first kappa shape index (κ1) is 24.1. The van der Waals surface area contributed by atoms with Gasteiger partial charge >= 0.3 is 11.9 Å². The van der Waals surface area contributed by atoms with E-state index in [0.717, 1.165) is 33.1 Å². The Morgan fingerprint density at radius 1 is 0.810 bits per heavy atom. The summed E-state index contributed by atoms with van der Waals surface area (Å²) in [6, 6.07) is 0. The van der Waals surface area contributed by atoms with Crippen LogP contribution >= 0.6 is 0 Å². The zero-order chi connectivity index (χ0) is 17.3. The van der Waals surface area contributed by atoms with Gasteiger partial charge in [-0.2, -0.15) is 0 Å². The molecule has 0 aromatic carbocycles. The third-order valence-electron chi connectivity index (χ3n) is 1.74. The Bertz CT molecular complexity index is 290. The SMILES string of the molecule is CC(=O)O.CC(=O)O.CCCCCCCC(=O)OC(C)=O. The van der Waals surface area contributed by atoms with Gasteiger partial charge in [0.15, 0.2) is 0 Å². The highest BCUT2D eigenvalue weighted by Crippen LogP contribution is 2.05. The first-order chi connectivity index (χ1) is 9.63. The van der Waals surface area contributed by atoms with Gasteiger partial charge in [0, 0.05) is 27.2 Å². The largest absolute Gasteiger partial charge is 0.481 e. The van der Waals surface area contributed by atoms with Crippen molar-refractivity contribution in [3.63, 3.8) is 0 Å². The molecule has 0 rings (SSSR count). The molecule has 0 saturated carbocycles. The fourth-order valence-corrected chi connectivity index (χ4v) is 1.08. The van der Waals surface area contributed by atoms with Crippen LogP contribution in [0.1, 0.15) is 66.2 Å². The van der Waals surface area contributed by atoms with E-state index in [0.29, 0.717) is 6.42 Å². The van der Waals surface area contributed by atoms with Gasteiger partial charge in [-0.3, -0.25) is 19.2 Å². The van der Waals surface area contributed by atoms with Gasteiger partial charge in [0.1, 0.15) is 0 Å². The fraction of sp³-hybridized carbons (Fsp3) is 0.714. The van der Waals surface area contributed by atoms with Crippen LogP contribution in [-0.4, -0.2) is 34.1 Å². The van der Waals surface area contributed by atoms with Crippen LogP contribution in [-0.2, 0) is 23.9 Å². The lowest BCUT2D eigenvalue weighted by Crippen LogP contribution is -2.08. The van der Waals surface area contributed by atoms with E-state index < -0.39 is 23.9 Å². The summed E-state index contributed by atoms with van der Waals surface area (Å²) in [6.07, 6.45) is 5.79. The molecule has 0 atom stereocenters. The van der Waals surface area contributed by atoms with Crippen LogP contribution in [0.3, 0.4) is 0 Å². The van der Waals surface area contributed by atoms with Crippen molar-refractivity contribution in [2.24, 2.45) is 0 Å². The molecule has 0 heterocycles. The van der Waals surface area contributed by atoms with Gasteiger partial charge in [0.2, 0.25) is 0 Å². The van der Waals surface area contributed by atoms with E-state index in [4.69, 9.17) is 19.8 Å². The van der Waals surface area contributed by atoms with Gasteiger partial charge in [-0.15, -0.1) is 0 Å². The zero-order valence-corrected chi connectivity index (χ0v) is 13.2. The van der Waals surface area contributed by atoms with Gasteiger partial charge in [0.25, 0.3) is 11.9 Å². The van der Waals surface area contributed by atoms with Crippen LogP contribution in [0.25, 0.3) is 0 Å². The van der Waals surface area contributed by atoms with Crippen LogP contribution in [0.15, 0.2) is 0 Å². The maximum absolute atomic E-state index is 10.8. The van der Waals surface area contributed by atoms with Crippen molar-refractivity contribution in [1.29, 1.82) is 0 Å². The van der Waals surface area contributed by atoms with Gasteiger partial charge in [-0.1, -0.05) is 32.6 Å². The Balaban J connectivity index is -0.000000334.